The number of benzene rings is 3. The van der Waals surface area contributed by atoms with Crippen LogP contribution < -0.4 is 16.4 Å². The lowest BCUT2D eigenvalue weighted by atomic mass is 10.00. The number of nitrogens with zero attached hydrogens (tertiary/aromatic N) is 3. The number of imidazole rings is 1. The van der Waals surface area contributed by atoms with Gasteiger partial charge in [0.15, 0.2) is 0 Å². The standard InChI is InChI=1S/C29H28N6O/c1-29(14-15-29)27-34-24(25-26(30)31-17-18-35(25)27)22-11-12-23(21-10-6-5-9-20(21)22)33-28(36)32-16-13-19-7-3-2-4-8-19/h2-12,17-18H,13-16H2,1H3,(H2,30,31)(H2,32,33,36). The molecular formula is C29H28N6O. The smallest absolute Gasteiger partial charge is 0.319 e. The number of anilines is 2. The van der Waals surface area contributed by atoms with Crippen LogP contribution in [-0.4, -0.2) is 26.9 Å². The molecule has 7 nitrogen and oxygen atoms in total. The Balaban J connectivity index is 1.33. The van der Waals surface area contributed by atoms with Crippen LogP contribution in [0.2, 0.25) is 0 Å². The fourth-order valence-corrected chi connectivity index (χ4v) is 4.83. The van der Waals surface area contributed by atoms with Gasteiger partial charge in [0.2, 0.25) is 0 Å². The molecule has 3 aromatic carbocycles. The van der Waals surface area contributed by atoms with Crippen molar-refractivity contribution >= 4 is 33.8 Å². The molecule has 0 atom stereocenters. The third kappa shape index (κ3) is 3.92. The predicted molar refractivity (Wildman–Crippen MR) is 144 cm³/mol. The second-order valence-electron chi connectivity index (χ2n) is 9.70. The van der Waals surface area contributed by atoms with E-state index >= 15 is 0 Å². The molecule has 2 aromatic heterocycles. The Morgan fingerprint density at radius 1 is 1.03 bits per heavy atom. The Morgan fingerprint density at radius 2 is 1.78 bits per heavy atom. The topological polar surface area (TPSA) is 97.3 Å². The van der Waals surface area contributed by atoms with E-state index in [0.29, 0.717) is 12.4 Å². The molecule has 180 valence electrons. The summed E-state index contributed by atoms with van der Waals surface area (Å²) in [7, 11) is 0. The van der Waals surface area contributed by atoms with E-state index in [4.69, 9.17) is 10.7 Å². The zero-order valence-electron chi connectivity index (χ0n) is 20.2. The molecule has 0 aliphatic heterocycles. The van der Waals surface area contributed by atoms with Crippen LogP contribution in [-0.2, 0) is 11.8 Å². The van der Waals surface area contributed by atoms with Crippen molar-refractivity contribution in [1.82, 2.24) is 19.7 Å². The number of hydrogen-bond acceptors (Lipinski definition) is 4. The maximum absolute atomic E-state index is 12.7. The number of carbonyl (C=O) groups is 1. The molecule has 0 radical (unpaired) electrons. The summed E-state index contributed by atoms with van der Waals surface area (Å²) in [4.78, 5) is 22.1. The number of rotatable bonds is 6. The minimum atomic E-state index is -0.228. The van der Waals surface area contributed by atoms with Crippen LogP contribution >= 0.6 is 0 Å². The number of hydrogen-bond donors (Lipinski definition) is 3. The van der Waals surface area contributed by atoms with Crippen molar-refractivity contribution in [3.8, 4) is 11.3 Å². The highest BCUT2D eigenvalue weighted by Gasteiger charge is 2.43. The van der Waals surface area contributed by atoms with Gasteiger partial charge in [-0.2, -0.15) is 0 Å². The van der Waals surface area contributed by atoms with Crippen molar-refractivity contribution in [3.63, 3.8) is 0 Å². The lowest BCUT2D eigenvalue weighted by Gasteiger charge is -2.13. The molecule has 6 rings (SSSR count). The largest absolute Gasteiger partial charge is 0.382 e. The average Bonchev–Trinajstić information content (AvgIpc) is 3.51. The summed E-state index contributed by atoms with van der Waals surface area (Å²) in [5, 5.41) is 7.92. The summed E-state index contributed by atoms with van der Waals surface area (Å²) in [5.41, 5.74) is 11.0. The Labute approximate surface area is 209 Å². The van der Waals surface area contributed by atoms with E-state index in [1.54, 1.807) is 6.20 Å². The molecule has 1 aliphatic carbocycles. The first-order chi connectivity index (χ1) is 17.5. The van der Waals surface area contributed by atoms with Crippen LogP contribution in [0.3, 0.4) is 0 Å². The minimum Gasteiger partial charge on any atom is -0.382 e. The Hall–Kier alpha value is -4.39. The summed E-state index contributed by atoms with van der Waals surface area (Å²) in [6, 6.07) is 21.9. The van der Waals surface area contributed by atoms with Gasteiger partial charge in [0, 0.05) is 35.3 Å². The molecule has 2 heterocycles. The molecule has 5 aromatic rings. The van der Waals surface area contributed by atoms with Gasteiger partial charge >= 0.3 is 6.03 Å². The van der Waals surface area contributed by atoms with Crippen molar-refractivity contribution in [3.05, 3.63) is 90.5 Å². The summed E-state index contributed by atoms with van der Waals surface area (Å²) in [6.07, 6.45) is 6.66. The van der Waals surface area contributed by atoms with Crippen molar-refractivity contribution in [2.45, 2.75) is 31.6 Å². The Bertz CT molecular complexity index is 1590. The van der Waals surface area contributed by atoms with Gasteiger partial charge in [-0.15, -0.1) is 0 Å². The van der Waals surface area contributed by atoms with Gasteiger partial charge in [-0.05, 0) is 36.3 Å². The number of fused-ring (bicyclic) bond motifs is 2. The number of nitrogen functional groups attached to an aromatic ring is 1. The number of carbonyl (C=O) groups excluding carboxylic acids is 1. The van der Waals surface area contributed by atoms with Crippen molar-refractivity contribution in [2.24, 2.45) is 0 Å². The normalized spacial score (nSPS) is 14.1. The minimum absolute atomic E-state index is 0.0596. The SMILES string of the molecule is CC1(c2nc(-c3ccc(NC(=O)NCCc4ccccc4)c4ccccc34)c3c(N)nccn23)CC1. The summed E-state index contributed by atoms with van der Waals surface area (Å²) >= 11 is 0. The van der Waals surface area contributed by atoms with Gasteiger partial charge in [0.25, 0.3) is 0 Å². The fourth-order valence-electron chi connectivity index (χ4n) is 4.83. The number of nitrogens with one attached hydrogen (secondary N) is 2. The van der Waals surface area contributed by atoms with E-state index < -0.39 is 0 Å². The third-order valence-corrected chi connectivity index (χ3v) is 7.09. The monoisotopic (exact) mass is 476 g/mol. The molecule has 4 N–H and O–H groups in total. The summed E-state index contributed by atoms with van der Waals surface area (Å²) in [6.45, 7) is 2.80. The van der Waals surface area contributed by atoms with Gasteiger partial charge in [-0.3, -0.25) is 4.40 Å². The molecule has 0 bridgehead atoms. The van der Waals surface area contributed by atoms with Crippen LogP contribution in [0.4, 0.5) is 16.3 Å². The van der Waals surface area contributed by atoms with E-state index in [2.05, 4.69) is 45.1 Å². The van der Waals surface area contributed by atoms with Crippen LogP contribution in [0, 0.1) is 0 Å². The highest BCUT2D eigenvalue weighted by molar-refractivity contribution is 6.08. The fraction of sp³-hybridized carbons (Fsp3) is 0.207. The quantitative estimate of drug-likeness (QED) is 0.299. The summed E-state index contributed by atoms with van der Waals surface area (Å²) in [5.74, 6) is 1.48. The van der Waals surface area contributed by atoms with Crippen molar-refractivity contribution < 1.29 is 4.79 Å². The molecule has 2 amide bonds. The molecule has 1 aliphatic rings. The third-order valence-electron chi connectivity index (χ3n) is 7.09. The second-order valence-corrected chi connectivity index (χ2v) is 9.70. The lowest BCUT2D eigenvalue weighted by molar-refractivity contribution is 0.252. The van der Waals surface area contributed by atoms with Crippen LogP contribution in [0.1, 0.15) is 31.2 Å². The first-order valence-electron chi connectivity index (χ1n) is 12.3. The van der Waals surface area contributed by atoms with E-state index in [1.165, 1.54) is 5.56 Å². The number of urea groups is 1. The van der Waals surface area contributed by atoms with Crippen LogP contribution in [0.25, 0.3) is 27.5 Å². The molecule has 0 saturated heterocycles. The lowest BCUT2D eigenvalue weighted by Crippen LogP contribution is -2.30. The first kappa shape index (κ1) is 22.1. The summed E-state index contributed by atoms with van der Waals surface area (Å²) < 4.78 is 2.09. The Kier molecular flexibility index (Phi) is 5.33. The number of nitrogens with two attached hydrogens (primary N) is 1. The van der Waals surface area contributed by atoms with Gasteiger partial charge < -0.3 is 16.4 Å². The van der Waals surface area contributed by atoms with E-state index in [1.807, 2.05) is 54.7 Å². The molecule has 36 heavy (non-hydrogen) atoms. The van der Waals surface area contributed by atoms with Gasteiger partial charge in [-0.25, -0.2) is 14.8 Å². The van der Waals surface area contributed by atoms with Crippen LogP contribution in [0.5, 0.6) is 0 Å². The Morgan fingerprint density at radius 3 is 2.56 bits per heavy atom. The van der Waals surface area contributed by atoms with Gasteiger partial charge in [0.1, 0.15) is 22.9 Å². The first-order valence-corrected chi connectivity index (χ1v) is 12.3. The average molecular weight is 477 g/mol. The molecule has 7 heteroatoms. The zero-order valence-corrected chi connectivity index (χ0v) is 20.2. The highest BCUT2D eigenvalue weighted by Crippen LogP contribution is 2.49. The molecule has 1 fully saturated rings. The zero-order chi connectivity index (χ0) is 24.7. The molecule has 1 saturated carbocycles. The van der Waals surface area contributed by atoms with E-state index in [-0.39, 0.29) is 11.4 Å². The van der Waals surface area contributed by atoms with Crippen molar-refractivity contribution in [1.29, 1.82) is 0 Å². The van der Waals surface area contributed by atoms with E-state index in [0.717, 1.165) is 58.3 Å². The molecule has 0 spiro atoms. The van der Waals surface area contributed by atoms with Crippen molar-refractivity contribution in [2.75, 3.05) is 17.6 Å². The number of amides is 2. The van der Waals surface area contributed by atoms with Gasteiger partial charge in [0.05, 0.1) is 5.69 Å². The second kappa shape index (κ2) is 8.68. The van der Waals surface area contributed by atoms with Crippen LogP contribution in [0.15, 0.2) is 79.1 Å². The molecular weight excluding hydrogens is 448 g/mol. The maximum atomic E-state index is 12.7. The predicted octanol–water partition coefficient (Wildman–Crippen LogP) is 5.55. The van der Waals surface area contributed by atoms with Gasteiger partial charge in [-0.1, -0.05) is 67.6 Å². The molecule has 0 unspecified atom stereocenters. The maximum Gasteiger partial charge on any atom is 0.319 e. The number of aromatic nitrogens is 3. The highest BCUT2D eigenvalue weighted by atomic mass is 16.2. The van der Waals surface area contributed by atoms with E-state index in [9.17, 15) is 4.79 Å².